The Labute approximate surface area is 208 Å². The average molecular weight is 499 g/mol. The molecule has 2 aliphatic rings. The Bertz CT molecular complexity index is 1280. The molecule has 2 fully saturated rings. The maximum Gasteiger partial charge on any atom is 0.327 e. The zero-order chi connectivity index (χ0) is 25.2. The van der Waals surface area contributed by atoms with E-state index in [2.05, 4.69) is 20.2 Å². The van der Waals surface area contributed by atoms with E-state index < -0.39 is 11.6 Å². The number of fused-ring (bicyclic) bond motifs is 1. The summed E-state index contributed by atoms with van der Waals surface area (Å²) in [7, 11) is 0. The summed E-state index contributed by atoms with van der Waals surface area (Å²) < 4.78 is 30.0. The summed E-state index contributed by atoms with van der Waals surface area (Å²) in [6.45, 7) is 5.21. The first-order chi connectivity index (χ1) is 17.4. The number of carbonyl (C=O) groups is 1. The summed E-state index contributed by atoms with van der Waals surface area (Å²) in [6, 6.07) is 7.88. The minimum absolute atomic E-state index is 0.00915. The van der Waals surface area contributed by atoms with Gasteiger partial charge in [0.2, 0.25) is 0 Å². The molecule has 0 unspecified atom stereocenters. The topological polar surface area (TPSA) is 86.3 Å². The molecule has 2 aromatic heterocycles. The Morgan fingerprint density at radius 2 is 1.92 bits per heavy atom. The third-order valence-electron chi connectivity index (χ3n) is 7.62. The van der Waals surface area contributed by atoms with Gasteiger partial charge in [-0.15, -0.1) is 0 Å². The van der Waals surface area contributed by atoms with Gasteiger partial charge in [-0.2, -0.15) is 0 Å². The lowest BCUT2D eigenvalue weighted by molar-refractivity contribution is 0.164. The number of imidazole rings is 1. The number of urea groups is 1. The minimum atomic E-state index is -0.820. The molecule has 0 spiro atoms. The number of amides is 2. The average Bonchev–Trinajstić information content (AvgIpc) is 3.08. The fourth-order valence-corrected chi connectivity index (χ4v) is 5.66. The van der Waals surface area contributed by atoms with Crippen molar-refractivity contribution in [2.45, 2.75) is 50.6 Å². The number of rotatable bonds is 4. The number of halogens is 2. The second-order valence-electron chi connectivity index (χ2n) is 9.81. The van der Waals surface area contributed by atoms with Gasteiger partial charge in [-0.3, -0.25) is 9.55 Å². The number of H-pyrrole nitrogens is 1. The maximum atomic E-state index is 14.4. The fourth-order valence-electron chi connectivity index (χ4n) is 5.66. The molecular formula is C26H32F2N6O2. The Morgan fingerprint density at radius 3 is 2.69 bits per heavy atom. The van der Waals surface area contributed by atoms with Crippen molar-refractivity contribution in [1.29, 1.82) is 0 Å². The van der Waals surface area contributed by atoms with Gasteiger partial charge in [-0.1, -0.05) is 19.1 Å². The van der Waals surface area contributed by atoms with Crippen molar-refractivity contribution in [2.24, 2.45) is 0 Å². The number of hydrogen-bond donors (Lipinski definition) is 2. The van der Waals surface area contributed by atoms with Crippen LogP contribution >= 0.6 is 0 Å². The van der Waals surface area contributed by atoms with Gasteiger partial charge in [0.1, 0.15) is 0 Å². The summed E-state index contributed by atoms with van der Waals surface area (Å²) >= 11 is 0. The number of likely N-dealkylation sites (tertiary alicyclic amines) is 2. The van der Waals surface area contributed by atoms with Crippen molar-refractivity contribution in [1.82, 2.24) is 29.7 Å². The zero-order valence-electron chi connectivity index (χ0n) is 20.4. The lowest BCUT2D eigenvalue weighted by Gasteiger charge is -2.34. The fraction of sp³-hybridized carbons (Fsp3) is 0.500. The number of piperidine rings is 1. The first-order valence-corrected chi connectivity index (χ1v) is 12.7. The second-order valence-corrected chi connectivity index (χ2v) is 9.81. The first kappa shape index (κ1) is 24.4. The second kappa shape index (κ2) is 10.4. The minimum Gasteiger partial charge on any atom is -0.334 e. The lowest BCUT2D eigenvalue weighted by Crippen LogP contribution is -2.50. The summed E-state index contributed by atoms with van der Waals surface area (Å²) in [5.41, 5.74) is 1.60. The van der Waals surface area contributed by atoms with E-state index in [1.165, 1.54) is 0 Å². The van der Waals surface area contributed by atoms with Crippen LogP contribution in [0.3, 0.4) is 0 Å². The van der Waals surface area contributed by atoms with Crippen LogP contribution in [-0.4, -0.2) is 69.1 Å². The van der Waals surface area contributed by atoms with Crippen LogP contribution in [0.2, 0.25) is 0 Å². The number of benzene rings is 1. The van der Waals surface area contributed by atoms with E-state index >= 15 is 0 Å². The molecular weight excluding hydrogens is 466 g/mol. The largest absolute Gasteiger partial charge is 0.334 e. The highest BCUT2D eigenvalue weighted by atomic mass is 19.2. The molecule has 2 saturated heterocycles. The molecule has 0 radical (unpaired) electrons. The van der Waals surface area contributed by atoms with Crippen molar-refractivity contribution in [2.75, 3.05) is 32.7 Å². The smallest absolute Gasteiger partial charge is 0.327 e. The third kappa shape index (κ3) is 4.86. The molecule has 36 heavy (non-hydrogen) atoms. The molecule has 3 aromatic rings. The van der Waals surface area contributed by atoms with Crippen LogP contribution < -0.4 is 11.0 Å². The molecule has 2 amide bonds. The Morgan fingerprint density at radius 1 is 1.11 bits per heavy atom. The van der Waals surface area contributed by atoms with E-state index in [4.69, 9.17) is 0 Å². The van der Waals surface area contributed by atoms with E-state index in [1.54, 1.807) is 27.8 Å². The van der Waals surface area contributed by atoms with Crippen molar-refractivity contribution in [3.63, 3.8) is 0 Å². The molecule has 0 aliphatic carbocycles. The van der Waals surface area contributed by atoms with Crippen LogP contribution in [-0.2, 0) is 0 Å². The van der Waals surface area contributed by atoms with E-state index in [0.29, 0.717) is 63.1 Å². The van der Waals surface area contributed by atoms with E-state index in [0.717, 1.165) is 18.1 Å². The molecule has 0 bridgehead atoms. The molecule has 10 heteroatoms. The maximum absolute atomic E-state index is 14.4. The number of carbonyl (C=O) groups excluding carboxylic acids is 1. The molecule has 2 N–H and O–H groups in total. The Hall–Kier alpha value is -3.27. The van der Waals surface area contributed by atoms with Crippen molar-refractivity contribution < 1.29 is 13.6 Å². The SMILES string of the molecule is CCN1C[C@H](NC(=O)N2CCC(n3c(=O)[nH]c4ncccc43)CC2)CC[C@@H](c2cccc(F)c2F)C1. The molecule has 192 valence electrons. The Balaban J connectivity index is 1.20. The number of hydrogen-bond acceptors (Lipinski definition) is 4. The van der Waals surface area contributed by atoms with Gasteiger partial charge in [0.25, 0.3) is 0 Å². The number of aromatic amines is 1. The third-order valence-corrected chi connectivity index (χ3v) is 7.62. The van der Waals surface area contributed by atoms with Crippen molar-refractivity contribution >= 4 is 17.2 Å². The molecule has 8 nitrogen and oxygen atoms in total. The van der Waals surface area contributed by atoms with Gasteiger partial charge >= 0.3 is 11.7 Å². The van der Waals surface area contributed by atoms with Gasteiger partial charge in [-0.05, 0) is 61.9 Å². The molecule has 4 heterocycles. The molecule has 2 aliphatic heterocycles. The summed E-state index contributed by atoms with van der Waals surface area (Å²) in [5.74, 6) is -1.71. The van der Waals surface area contributed by atoms with Gasteiger partial charge in [-0.25, -0.2) is 23.4 Å². The van der Waals surface area contributed by atoms with Crippen LogP contribution in [0, 0.1) is 11.6 Å². The predicted octanol–water partition coefficient (Wildman–Crippen LogP) is 3.62. The van der Waals surface area contributed by atoms with Crippen molar-refractivity contribution in [3.8, 4) is 0 Å². The lowest BCUT2D eigenvalue weighted by atomic mass is 9.93. The normalized spacial score (nSPS) is 22.0. The van der Waals surface area contributed by atoms with E-state index in [-0.39, 0.29) is 29.7 Å². The van der Waals surface area contributed by atoms with Crippen LogP contribution in [0.5, 0.6) is 0 Å². The highest BCUT2D eigenvalue weighted by Crippen LogP contribution is 2.30. The number of aromatic nitrogens is 3. The number of nitrogens with one attached hydrogen (secondary N) is 2. The van der Waals surface area contributed by atoms with Gasteiger partial charge in [0, 0.05) is 44.5 Å². The predicted molar refractivity (Wildman–Crippen MR) is 133 cm³/mol. The highest BCUT2D eigenvalue weighted by Gasteiger charge is 2.30. The number of pyridine rings is 1. The summed E-state index contributed by atoms with van der Waals surface area (Å²) in [4.78, 5) is 36.6. The Kier molecular flexibility index (Phi) is 7.04. The molecule has 5 rings (SSSR count). The van der Waals surface area contributed by atoms with Gasteiger partial charge < -0.3 is 15.1 Å². The zero-order valence-corrected chi connectivity index (χ0v) is 20.4. The molecule has 0 saturated carbocycles. The highest BCUT2D eigenvalue weighted by molar-refractivity contribution is 5.74. The van der Waals surface area contributed by atoms with Crippen LogP contribution in [0.15, 0.2) is 41.3 Å². The summed E-state index contributed by atoms with van der Waals surface area (Å²) in [6.07, 6.45) is 4.38. The number of nitrogens with zero attached hydrogens (tertiary/aromatic N) is 4. The van der Waals surface area contributed by atoms with Gasteiger partial charge in [0.05, 0.1) is 5.52 Å². The van der Waals surface area contributed by atoms with Crippen LogP contribution in [0.4, 0.5) is 13.6 Å². The molecule has 1 aromatic carbocycles. The van der Waals surface area contributed by atoms with Crippen LogP contribution in [0.1, 0.15) is 50.1 Å². The quantitative estimate of drug-likeness (QED) is 0.576. The van der Waals surface area contributed by atoms with E-state index in [9.17, 15) is 18.4 Å². The van der Waals surface area contributed by atoms with Gasteiger partial charge in [0.15, 0.2) is 17.3 Å². The van der Waals surface area contributed by atoms with E-state index in [1.807, 2.05) is 19.1 Å². The summed E-state index contributed by atoms with van der Waals surface area (Å²) in [5, 5.41) is 3.17. The van der Waals surface area contributed by atoms with Crippen LogP contribution in [0.25, 0.3) is 11.2 Å². The van der Waals surface area contributed by atoms with Crippen molar-refractivity contribution in [3.05, 3.63) is 64.2 Å². The first-order valence-electron chi connectivity index (χ1n) is 12.7. The number of likely N-dealkylation sites (N-methyl/N-ethyl adjacent to an activating group) is 1. The standard InChI is InChI=1S/C26H32F2N6O2/c1-2-32-15-17(20-5-3-6-21(27)23(20)28)8-9-18(16-32)30-25(35)33-13-10-19(11-14-33)34-22-7-4-12-29-24(22)31-26(34)36/h3-7,12,17-19H,2,8-11,13-16H2,1H3,(H,30,35)(H,29,31,36)/t17-,18-/m1/s1. The molecule has 2 atom stereocenters. The monoisotopic (exact) mass is 498 g/mol.